The van der Waals surface area contributed by atoms with E-state index >= 15 is 0 Å². The molecule has 2 heterocycles. The molecule has 0 fully saturated rings. The maximum Gasteiger partial charge on any atom is 0.272 e. The molecule has 0 aliphatic heterocycles. The summed E-state index contributed by atoms with van der Waals surface area (Å²) in [5, 5.41) is 12.0. The van der Waals surface area contributed by atoms with E-state index in [1.807, 2.05) is 12.1 Å². The zero-order valence-electron chi connectivity index (χ0n) is 22.0. The van der Waals surface area contributed by atoms with Crippen LogP contribution in [-0.4, -0.2) is 47.3 Å². The Morgan fingerprint density at radius 2 is 1.76 bits per heavy atom. The fourth-order valence-electron chi connectivity index (χ4n) is 3.56. The molecule has 200 valence electrons. The molecule has 0 bridgehead atoms. The molecule has 38 heavy (non-hydrogen) atoms. The van der Waals surface area contributed by atoms with E-state index in [4.69, 9.17) is 32.7 Å². The summed E-state index contributed by atoms with van der Waals surface area (Å²) in [5.41, 5.74) is 8.31. The number of hydrogen-bond acceptors (Lipinski definition) is 7. The van der Waals surface area contributed by atoms with Gasteiger partial charge in [0, 0.05) is 16.6 Å². The number of amidine groups is 1. The summed E-state index contributed by atoms with van der Waals surface area (Å²) in [6.07, 6.45) is 1.65. The number of hydrogen-bond donors (Lipinski definition) is 3. The maximum absolute atomic E-state index is 12.9. The second kappa shape index (κ2) is 12.8. The normalized spacial score (nSPS) is 11.2. The van der Waals surface area contributed by atoms with Gasteiger partial charge < -0.3 is 26.4 Å². The minimum absolute atomic E-state index is 0.0216. The average molecular weight is 538 g/mol. The fourth-order valence-corrected chi connectivity index (χ4v) is 3.72. The van der Waals surface area contributed by atoms with Gasteiger partial charge in [-0.05, 0) is 48.4 Å². The number of methoxy groups -OCH3 is 2. The number of benzene rings is 2. The van der Waals surface area contributed by atoms with Crippen molar-refractivity contribution in [1.29, 1.82) is 0 Å². The third-order valence-electron chi connectivity index (χ3n) is 5.13. The second-order valence-corrected chi connectivity index (χ2v) is 9.33. The average Bonchev–Trinajstić information content (AvgIpc) is 3.35. The van der Waals surface area contributed by atoms with Gasteiger partial charge in [0.05, 0.1) is 43.2 Å². The second-order valence-electron chi connectivity index (χ2n) is 8.89. The van der Waals surface area contributed by atoms with Crippen molar-refractivity contribution in [2.45, 2.75) is 20.8 Å². The largest absolute Gasteiger partial charge is 0.496 e. The molecule has 0 unspecified atom stereocenters. The van der Waals surface area contributed by atoms with Crippen LogP contribution in [-0.2, 0) is 0 Å². The summed E-state index contributed by atoms with van der Waals surface area (Å²) in [6, 6.07) is 14.2. The first-order valence-electron chi connectivity index (χ1n) is 11.9. The first kappa shape index (κ1) is 28.3. The van der Waals surface area contributed by atoms with Crippen LogP contribution in [0.5, 0.6) is 11.5 Å². The number of halogens is 1. The Morgan fingerprint density at radius 3 is 2.37 bits per heavy atom. The number of aromatic nitrogens is 3. The van der Waals surface area contributed by atoms with Crippen molar-refractivity contribution in [1.82, 2.24) is 20.1 Å². The molecule has 0 radical (unpaired) electrons. The highest BCUT2D eigenvalue weighted by Crippen LogP contribution is 2.40. The molecule has 4 aromatic rings. The number of carbonyl (C=O) groups is 1. The van der Waals surface area contributed by atoms with Crippen LogP contribution in [0.25, 0.3) is 27.8 Å². The first-order chi connectivity index (χ1) is 18.2. The highest BCUT2D eigenvalue weighted by molar-refractivity contribution is 6.31. The molecule has 0 spiro atoms. The first-order valence-corrected chi connectivity index (χ1v) is 12.2. The van der Waals surface area contributed by atoms with Crippen LogP contribution in [0.4, 0.5) is 0 Å². The van der Waals surface area contributed by atoms with Gasteiger partial charge in [0.25, 0.3) is 5.91 Å². The molecule has 0 aliphatic rings. The summed E-state index contributed by atoms with van der Waals surface area (Å²) in [7, 11) is 3.12. The van der Waals surface area contributed by atoms with E-state index in [1.165, 1.54) is 0 Å². The number of hydrazone groups is 1. The third kappa shape index (κ3) is 6.51. The number of rotatable bonds is 7. The molecule has 11 heteroatoms. The molecule has 4 rings (SSSR count). The van der Waals surface area contributed by atoms with E-state index in [-0.39, 0.29) is 18.1 Å². The van der Waals surface area contributed by atoms with Crippen LogP contribution < -0.4 is 26.4 Å². The molecule has 0 atom stereocenters. The van der Waals surface area contributed by atoms with Crippen molar-refractivity contribution in [3.63, 3.8) is 0 Å². The predicted molar refractivity (Wildman–Crippen MR) is 151 cm³/mol. The van der Waals surface area contributed by atoms with Crippen LogP contribution >= 0.6 is 11.6 Å². The molecule has 5 N–H and O–H groups in total. The minimum Gasteiger partial charge on any atom is -0.496 e. The Labute approximate surface area is 226 Å². The van der Waals surface area contributed by atoms with Gasteiger partial charge in [-0.3, -0.25) is 9.78 Å². The number of ether oxygens (including phenoxy) is 2. The van der Waals surface area contributed by atoms with Crippen molar-refractivity contribution >= 4 is 34.2 Å². The Morgan fingerprint density at radius 1 is 1.11 bits per heavy atom. The molecule has 0 saturated heterocycles. The van der Waals surface area contributed by atoms with Gasteiger partial charge in [0.2, 0.25) is 0 Å². The number of nitrogens with zero attached hydrogens (tertiary/aromatic N) is 4. The van der Waals surface area contributed by atoms with Crippen LogP contribution in [0.1, 0.15) is 31.3 Å². The van der Waals surface area contributed by atoms with Gasteiger partial charge in [-0.15, -0.1) is 0 Å². The molecule has 0 aliphatic carbocycles. The van der Waals surface area contributed by atoms with Gasteiger partial charge in [-0.1, -0.05) is 38.4 Å². The number of pyridine rings is 1. The van der Waals surface area contributed by atoms with Crippen LogP contribution in [0, 0.1) is 5.92 Å². The lowest BCUT2D eigenvalue weighted by Crippen LogP contribution is -2.34. The highest BCUT2D eigenvalue weighted by atomic mass is 35.5. The molecule has 2 aromatic carbocycles. The lowest BCUT2D eigenvalue weighted by molar-refractivity contribution is 0.0954. The van der Waals surface area contributed by atoms with Crippen LogP contribution in [0.3, 0.4) is 0 Å². The van der Waals surface area contributed by atoms with E-state index < -0.39 is 5.91 Å². The van der Waals surface area contributed by atoms with Gasteiger partial charge in [-0.2, -0.15) is 10.2 Å². The smallest absolute Gasteiger partial charge is 0.272 e. The van der Waals surface area contributed by atoms with Crippen molar-refractivity contribution in [3.8, 4) is 28.4 Å². The quantitative estimate of drug-likeness (QED) is 0.137. The summed E-state index contributed by atoms with van der Waals surface area (Å²) >= 11 is 6.16. The van der Waals surface area contributed by atoms with E-state index in [1.54, 1.807) is 61.5 Å². The van der Waals surface area contributed by atoms with Gasteiger partial charge in [-0.25, -0.2) is 4.68 Å². The van der Waals surface area contributed by atoms with Crippen molar-refractivity contribution in [3.05, 3.63) is 65.4 Å². The number of amides is 1. The summed E-state index contributed by atoms with van der Waals surface area (Å²) in [4.78, 5) is 17.3. The fraction of sp³-hybridized carbons (Fsp3) is 0.259. The lowest BCUT2D eigenvalue weighted by atomic mass is 10.1. The van der Waals surface area contributed by atoms with Crippen molar-refractivity contribution < 1.29 is 14.3 Å². The number of nitrogens with one attached hydrogen (secondary N) is 1. The van der Waals surface area contributed by atoms with E-state index in [9.17, 15) is 4.79 Å². The Kier molecular flexibility index (Phi) is 9.50. The molecular weight excluding hydrogens is 506 g/mol. The molecule has 1 amide bonds. The minimum atomic E-state index is -0.457. The highest BCUT2D eigenvalue weighted by Gasteiger charge is 2.23. The van der Waals surface area contributed by atoms with Gasteiger partial charge in [0.1, 0.15) is 17.3 Å². The maximum atomic E-state index is 12.9. The number of fused-ring (bicyclic) bond motifs is 1. The zero-order valence-corrected chi connectivity index (χ0v) is 22.8. The standard InChI is InChI=1S/C23H22ClN7O3.C4H10/c1-33-19-4-3-5-20(34-2)22(19)18-11-16(23(32)28-12-21(25)29-26)30-31(18)17-8-9-27-15-10-13(24)6-7-14(15)17;1-4(2)3/h3-11H,12,26H2,1-2H3,(H2,25,29)(H,28,32);4H,1-3H3. The lowest BCUT2D eigenvalue weighted by Gasteiger charge is -2.15. The van der Waals surface area contributed by atoms with E-state index in [0.29, 0.717) is 39.0 Å². The Bertz CT molecular complexity index is 1430. The predicted octanol–water partition coefficient (Wildman–Crippen LogP) is 4.38. The molecular formula is C27H32ClN7O3. The van der Waals surface area contributed by atoms with Gasteiger partial charge >= 0.3 is 0 Å². The van der Waals surface area contributed by atoms with E-state index in [2.05, 4.69) is 41.3 Å². The van der Waals surface area contributed by atoms with Crippen molar-refractivity contribution in [2.24, 2.45) is 22.6 Å². The monoisotopic (exact) mass is 537 g/mol. The summed E-state index contributed by atoms with van der Waals surface area (Å²) in [5.74, 6) is 6.71. The third-order valence-corrected chi connectivity index (χ3v) is 5.37. The Hall–Kier alpha value is -4.31. The van der Waals surface area contributed by atoms with E-state index in [0.717, 1.165) is 11.3 Å². The SMILES string of the molecule is CC(C)C.COc1cccc(OC)c1-c1cc(C(=O)NC/C(N)=N/N)nn1-c1ccnc2cc(Cl)ccc12. The number of carbonyl (C=O) groups excluding carboxylic acids is 1. The molecule has 0 saturated carbocycles. The van der Waals surface area contributed by atoms with Gasteiger partial charge in [0.15, 0.2) is 5.69 Å². The number of nitrogens with two attached hydrogens (primary N) is 2. The Balaban J connectivity index is 0.000000934. The zero-order chi connectivity index (χ0) is 27.8. The molecule has 10 nitrogen and oxygen atoms in total. The van der Waals surface area contributed by atoms with Crippen LogP contribution in [0.2, 0.25) is 5.02 Å². The molecule has 2 aromatic heterocycles. The van der Waals surface area contributed by atoms with Crippen LogP contribution in [0.15, 0.2) is 59.8 Å². The topological polar surface area (TPSA) is 143 Å². The van der Waals surface area contributed by atoms with Crippen molar-refractivity contribution in [2.75, 3.05) is 20.8 Å². The summed E-state index contributed by atoms with van der Waals surface area (Å²) < 4.78 is 12.9. The summed E-state index contributed by atoms with van der Waals surface area (Å²) in [6.45, 7) is 6.48.